The number of aryl methyl sites for hydroxylation is 1. The molecule has 2 unspecified atom stereocenters. The van der Waals surface area contributed by atoms with Gasteiger partial charge in [-0.2, -0.15) is 18.3 Å². The van der Waals surface area contributed by atoms with Crippen LogP contribution < -0.4 is 5.43 Å². The molecule has 1 N–H and O–H groups in total. The molecule has 3 heterocycles. The minimum atomic E-state index is -4.42. The van der Waals surface area contributed by atoms with Crippen LogP contribution in [0.2, 0.25) is 0 Å². The Morgan fingerprint density at radius 2 is 1.89 bits per heavy atom. The summed E-state index contributed by atoms with van der Waals surface area (Å²) in [6, 6.07) is 11.5. The largest absolute Gasteiger partial charge is 0.416 e. The van der Waals surface area contributed by atoms with Crippen LogP contribution in [0.1, 0.15) is 43.7 Å². The molecule has 2 aliphatic rings. The van der Waals surface area contributed by atoms with Crippen LogP contribution in [0.15, 0.2) is 47.6 Å². The number of benzene rings is 2. The van der Waals surface area contributed by atoms with E-state index in [2.05, 4.69) is 34.5 Å². The highest BCUT2D eigenvalue weighted by Crippen LogP contribution is 2.42. The summed E-state index contributed by atoms with van der Waals surface area (Å²) in [4.78, 5) is 19.3. The molecule has 10 heteroatoms. The Balaban J connectivity index is 1.58. The third-order valence-electron chi connectivity index (χ3n) is 7.36. The second-order valence-electron chi connectivity index (χ2n) is 9.39. The number of halogens is 3. The van der Waals surface area contributed by atoms with Crippen molar-refractivity contribution < 1.29 is 18.0 Å². The molecule has 2 aromatic carbocycles. The van der Waals surface area contributed by atoms with Gasteiger partial charge in [0.25, 0.3) is 5.24 Å². The Morgan fingerprint density at radius 1 is 1.11 bits per heavy atom. The number of hydrazone groups is 1. The highest BCUT2D eigenvalue weighted by molar-refractivity contribution is 8.14. The van der Waals surface area contributed by atoms with E-state index in [1.165, 1.54) is 17.8 Å². The van der Waals surface area contributed by atoms with Crippen molar-refractivity contribution in [3.8, 4) is 11.4 Å². The van der Waals surface area contributed by atoms with Gasteiger partial charge in [-0.25, -0.2) is 10.4 Å². The number of carbonyl (C=O) groups is 1. The Hall–Kier alpha value is -2.85. The zero-order valence-corrected chi connectivity index (χ0v) is 21.0. The van der Waals surface area contributed by atoms with E-state index in [1.807, 2.05) is 17.7 Å². The molecule has 36 heavy (non-hydrogen) atoms. The number of nitrogens with one attached hydrogen (secondary N) is 1. The summed E-state index contributed by atoms with van der Waals surface area (Å²) in [7, 11) is 1.83. The van der Waals surface area contributed by atoms with Crippen molar-refractivity contribution in [2.24, 2.45) is 12.1 Å². The number of hydrogen-bond donors (Lipinski definition) is 1. The van der Waals surface area contributed by atoms with Crippen molar-refractivity contribution in [1.82, 2.24) is 19.9 Å². The predicted molar refractivity (Wildman–Crippen MR) is 137 cm³/mol. The number of nitrogens with zero attached hydrogens (tertiary/aromatic N) is 4. The standard InChI is InChI=1S/C26H28F3N5OS/c1-3-25(34-11-4-5-12-34,15-20-16-30-32-24(35)36-20)18-9-10-22-21(14-18)31-23(33(22)2)17-7-6-8-19(13-17)26(27,28)29/h6-10,13-14,16,20H,3-5,11-12,15H2,1-2H3,(H,32,35). The fourth-order valence-corrected chi connectivity index (χ4v) is 6.38. The molecular weight excluding hydrogens is 487 g/mol. The average Bonchev–Trinajstić information content (AvgIpc) is 3.51. The molecule has 2 aliphatic heterocycles. The van der Waals surface area contributed by atoms with Crippen molar-refractivity contribution in [2.75, 3.05) is 13.1 Å². The molecule has 0 radical (unpaired) electrons. The first-order valence-electron chi connectivity index (χ1n) is 12.1. The fourth-order valence-electron chi connectivity index (χ4n) is 5.52. The maximum Gasteiger partial charge on any atom is 0.416 e. The van der Waals surface area contributed by atoms with Gasteiger partial charge < -0.3 is 4.57 Å². The number of carbonyl (C=O) groups excluding carboxylic acids is 1. The Kier molecular flexibility index (Phi) is 6.59. The van der Waals surface area contributed by atoms with E-state index in [4.69, 9.17) is 4.98 Å². The van der Waals surface area contributed by atoms with E-state index in [9.17, 15) is 18.0 Å². The second kappa shape index (κ2) is 9.55. The lowest BCUT2D eigenvalue weighted by Crippen LogP contribution is -2.47. The van der Waals surface area contributed by atoms with E-state index in [0.29, 0.717) is 11.4 Å². The summed E-state index contributed by atoms with van der Waals surface area (Å²) in [5.74, 6) is 0.489. The van der Waals surface area contributed by atoms with Crippen molar-refractivity contribution in [3.63, 3.8) is 0 Å². The average molecular weight is 516 g/mol. The molecule has 1 amide bonds. The number of imidazole rings is 1. The van der Waals surface area contributed by atoms with E-state index >= 15 is 0 Å². The Labute approximate surface area is 211 Å². The minimum absolute atomic E-state index is 0.0561. The van der Waals surface area contributed by atoms with E-state index in [1.54, 1.807) is 12.3 Å². The van der Waals surface area contributed by atoms with Crippen molar-refractivity contribution in [2.45, 2.75) is 49.6 Å². The lowest BCUT2D eigenvalue weighted by atomic mass is 9.81. The molecule has 190 valence electrons. The van der Waals surface area contributed by atoms with Crippen molar-refractivity contribution in [1.29, 1.82) is 0 Å². The van der Waals surface area contributed by atoms with Gasteiger partial charge in [0, 0.05) is 24.4 Å². The van der Waals surface area contributed by atoms with Crippen LogP contribution in [-0.4, -0.2) is 44.2 Å². The number of likely N-dealkylation sites (tertiary alicyclic amines) is 1. The van der Waals surface area contributed by atoms with E-state index in [-0.39, 0.29) is 16.0 Å². The number of thioether (sulfide) groups is 1. The SMILES string of the molecule is CCC(CC1C=NNC(=O)S1)(c1ccc2c(c1)nc(-c1cccc(C(F)(F)F)c1)n2C)N1CCCC1. The van der Waals surface area contributed by atoms with Gasteiger partial charge in [-0.1, -0.05) is 36.9 Å². The molecule has 6 nitrogen and oxygen atoms in total. The number of alkyl halides is 3. The molecular formula is C26H28F3N5OS. The van der Waals surface area contributed by atoms with Crippen LogP contribution in [0, 0.1) is 0 Å². The first-order valence-corrected chi connectivity index (χ1v) is 13.0. The molecule has 0 bridgehead atoms. The zero-order chi connectivity index (χ0) is 25.5. The third kappa shape index (κ3) is 4.52. The van der Waals surface area contributed by atoms with Crippen LogP contribution >= 0.6 is 11.8 Å². The molecule has 0 spiro atoms. The zero-order valence-electron chi connectivity index (χ0n) is 20.2. The van der Waals surface area contributed by atoms with Gasteiger partial charge in [-0.15, -0.1) is 0 Å². The van der Waals surface area contributed by atoms with Gasteiger partial charge in [0.2, 0.25) is 0 Å². The summed E-state index contributed by atoms with van der Waals surface area (Å²) >= 11 is 1.26. The monoisotopic (exact) mass is 515 g/mol. The molecule has 5 rings (SSSR count). The lowest BCUT2D eigenvalue weighted by molar-refractivity contribution is -0.137. The van der Waals surface area contributed by atoms with Crippen molar-refractivity contribution in [3.05, 3.63) is 53.6 Å². The first-order chi connectivity index (χ1) is 17.2. The molecule has 3 aromatic rings. The molecule has 1 aromatic heterocycles. The van der Waals surface area contributed by atoms with Gasteiger partial charge in [0.15, 0.2) is 0 Å². The van der Waals surface area contributed by atoms with E-state index < -0.39 is 11.7 Å². The molecule has 2 atom stereocenters. The van der Waals surface area contributed by atoms with Gasteiger partial charge >= 0.3 is 6.18 Å². The summed E-state index contributed by atoms with van der Waals surface area (Å²) in [6.45, 7) is 4.12. The minimum Gasteiger partial charge on any atom is -0.327 e. The lowest BCUT2D eigenvalue weighted by Gasteiger charge is -2.43. The highest BCUT2D eigenvalue weighted by Gasteiger charge is 2.41. The number of aromatic nitrogens is 2. The maximum absolute atomic E-state index is 13.3. The number of rotatable bonds is 6. The van der Waals surface area contributed by atoms with E-state index in [0.717, 1.165) is 67.5 Å². The molecule has 1 fully saturated rings. The molecule has 0 saturated carbocycles. The molecule has 0 aliphatic carbocycles. The normalized spacial score (nSPS) is 20.6. The maximum atomic E-state index is 13.3. The van der Waals surface area contributed by atoms with Crippen LogP contribution in [0.4, 0.5) is 18.0 Å². The summed E-state index contributed by atoms with van der Waals surface area (Å²) < 4.78 is 41.8. The smallest absolute Gasteiger partial charge is 0.327 e. The summed E-state index contributed by atoms with van der Waals surface area (Å²) in [5.41, 5.74) is 4.60. The van der Waals surface area contributed by atoms with Crippen LogP contribution in [-0.2, 0) is 18.8 Å². The van der Waals surface area contributed by atoms with Gasteiger partial charge in [-0.3, -0.25) is 9.69 Å². The van der Waals surface area contributed by atoms with Gasteiger partial charge in [-0.05, 0) is 68.6 Å². The first kappa shape index (κ1) is 24.8. The fraction of sp³-hybridized carbons (Fsp3) is 0.423. The summed E-state index contributed by atoms with van der Waals surface area (Å²) in [6.07, 6.45) is 1.21. The summed E-state index contributed by atoms with van der Waals surface area (Å²) in [5, 5.41) is 3.83. The van der Waals surface area contributed by atoms with Gasteiger partial charge in [0.05, 0.1) is 21.8 Å². The second-order valence-corrected chi connectivity index (χ2v) is 10.6. The molecule has 1 saturated heterocycles. The topological polar surface area (TPSA) is 62.5 Å². The van der Waals surface area contributed by atoms with Gasteiger partial charge in [0.1, 0.15) is 5.82 Å². The Morgan fingerprint density at radius 3 is 2.58 bits per heavy atom. The van der Waals surface area contributed by atoms with Crippen LogP contribution in [0.5, 0.6) is 0 Å². The third-order valence-corrected chi connectivity index (χ3v) is 8.25. The predicted octanol–water partition coefficient (Wildman–Crippen LogP) is 6.16. The number of fused-ring (bicyclic) bond motifs is 1. The number of amides is 1. The van der Waals surface area contributed by atoms with Crippen LogP contribution in [0.3, 0.4) is 0 Å². The van der Waals surface area contributed by atoms with Crippen LogP contribution in [0.25, 0.3) is 22.4 Å². The Bertz CT molecular complexity index is 1310. The number of hydrogen-bond acceptors (Lipinski definition) is 5. The quantitative estimate of drug-likeness (QED) is 0.427. The highest BCUT2D eigenvalue weighted by atomic mass is 32.2. The van der Waals surface area contributed by atoms with Crippen molar-refractivity contribution >= 4 is 34.2 Å².